The van der Waals surface area contributed by atoms with Crippen LogP contribution in [0.15, 0.2) is 54.6 Å². The Hall–Kier alpha value is -5.65. The number of benzene rings is 1. The predicted molar refractivity (Wildman–Crippen MR) is 249 cm³/mol. The first-order chi connectivity index (χ1) is 31.0. The van der Waals surface area contributed by atoms with E-state index in [2.05, 4.69) is 66.9 Å². The topological polar surface area (TPSA) is 172 Å². The first kappa shape index (κ1) is 47.3. The Morgan fingerprint density at radius 3 is 2.60 bits per heavy atom. The number of carbonyl (C=O) groups excluding carboxylic acids is 5. The van der Waals surface area contributed by atoms with Crippen LogP contribution in [0.2, 0.25) is 0 Å². The third-order valence-electron chi connectivity index (χ3n) is 13.0. The average molecular weight is 910 g/mol. The zero-order valence-corrected chi connectivity index (χ0v) is 39.9. The minimum Gasteiger partial charge on any atom is -0.464 e. The second-order valence-electron chi connectivity index (χ2n) is 18.6. The number of hydrogen-bond donors (Lipinski definition) is 2. The smallest absolute Gasteiger partial charge is 0.324 e. The van der Waals surface area contributed by atoms with Crippen molar-refractivity contribution in [2.45, 2.75) is 104 Å². The van der Waals surface area contributed by atoms with Crippen molar-refractivity contribution in [1.29, 1.82) is 0 Å². The fraction of sp³-hybridized carbons (Fsp3) is 0.521. The number of amides is 5. The van der Waals surface area contributed by atoms with Crippen LogP contribution in [-0.2, 0) is 48.0 Å². The van der Waals surface area contributed by atoms with Gasteiger partial charge in [-0.1, -0.05) is 40.3 Å². The van der Waals surface area contributed by atoms with E-state index in [4.69, 9.17) is 19.4 Å². The molecule has 17 heteroatoms. The lowest BCUT2D eigenvalue weighted by Gasteiger charge is -2.46. The van der Waals surface area contributed by atoms with Gasteiger partial charge in [-0.2, -0.15) is 0 Å². The van der Waals surface area contributed by atoms with Crippen LogP contribution in [-0.4, -0.2) is 136 Å². The summed E-state index contributed by atoms with van der Waals surface area (Å²) >= 11 is 1.40. The molecule has 16 nitrogen and oxygen atoms in total. The molecule has 2 saturated heterocycles. The number of fused-ring (bicyclic) bond motifs is 6. The van der Waals surface area contributed by atoms with Crippen LogP contribution in [0.1, 0.15) is 76.8 Å². The van der Waals surface area contributed by atoms with Gasteiger partial charge in [0.05, 0.1) is 40.8 Å². The summed E-state index contributed by atoms with van der Waals surface area (Å²) in [5, 5.41) is 8.07. The van der Waals surface area contributed by atoms with Crippen LogP contribution in [0.3, 0.4) is 0 Å². The molecular formula is C48H63N9O7S. The normalized spacial score (nSPS) is 20.1. The lowest BCUT2D eigenvalue weighted by molar-refractivity contribution is -0.155. The Bertz CT molecular complexity index is 2460. The molecule has 65 heavy (non-hydrogen) atoms. The average Bonchev–Trinajstić information content (AvgIpc) is 3.87. The first-order valence-corrected chi connectivity index (χ1v) is 23.4. The Labute approximate surface area is 385 Å². The van der Waals surface area contributed by atoms with Gasteiger partial charge in [0.25, 0.3) is 5.91 Å². The van der Waals surface area contributed by atoms with Gasteiger partial charge in [0.2, 0.25) is 11.8 Å². The molecule has 0 saturated carbocycles. The number of likely N-dealkylation sites (N-methyl/N-ethyl adjacent to an activating group) is 2. The third kappa shape index (κ3) is 9.68. The molecular weight excluding hydrogens is 847 g/mol. The monoisotopic (exact) mass is 909 g/mol. The van der Waals surface area contributed by atoms with Gasteiger partial charge in [0.1, 0.15) is 18.1 Å². The molecule has 1 aromatic carbocycles. The minimum atomic E-state index is -1.09. The second-order valence-corrected chi connectivity index (χ2v) is 19.5. The first-order valence-electron chi connectivity index (χ1n) is 22.5. The lowest BCUT2D eigenvalue weighted by atomic mass is 9.84. The zero-order valence-electron chi connectivity index (χ0n) is 39.1. The molecule has 2 fully saturated rings. The summed E-state index contributed by atoms with van der Waals surface area (Å²) < 4.78 is 14.2. The van der Waals surface area contributed by atoms with Crippen LogP contribution >= 0.6 is 11.3 Å². The summed E-state index contributed by atoms with van der Waals surface area (Å²) in [5.74, 6) is -1.93. The van der Waals surface area contributed by atoms with Crippen molar-refractivity contribution in [3.8, 4) is 22.5 Å². The van der Waals surface area contributed by atoms with Crippen molar-refractivity contribution in [3.63, 3.8) is 0 Å². The number of carbonyl (C=O) groups is 5. The fourth-order valence-corrected chi connectivity index (χ4v) is 10.1. The highest BCUT2D eigenvalue weighted by molar-refractivity contribution is 7.10. The molecule has 4 atom stereocenters. The number of nitrogens with one attached hydrogen (secondary N) is 2. The van der Waals surface area contributed by atoms with Crippen LogP contribution in [0.25, 0.3) is 33.4 Å². The largest absolute Gasteiger partial charge is 0.464 e. The molecule has 348 valence electrons. The van der Waals surface area contributed by atoms with Gasteiger partial charge in [0.15, 0.2) is 0 Å². The Morgan fingerprint density at radius 2 is 1.91 bits per heavy atom. The number of hydrogen-bond acceptors (Lipinski definition) is 11. The van der Waals surface area contributed by atoms with Gasteiger partial charge in [-0.15, -0.1) is 11.3 Å². The molecule has 5 amide bonds. The molecule has 3 aliphatic rings. The molecule has 4 aromatic rings. The number of cyclic esters (lactones) is 1. The van der Waals surface area contributed by atoms with Gasteiger partial charge in [-0.25, -0.2) is 15.2 Å². The van der Waals surface area contributed by atoms with Gasteiger partial charge in [-0.3, -0.25) is 29.2 Å². The molecule has 6 heterocycles. The summed E-state index contributed by atoms with van der Waals surface area (Å²) in [7, 11) is 4.93. The van der Waals surface area contributed by atoms with Crippen molar-refractivity contribution < 1.29 is 33.4 Å². The molecule has 0 aliphatic carbocycles. The summed E-state index contributed by atoms with van der Waals surface area (Å²) in [5.41, 5.74) is 9.24. The molecule has 0 spiro atoms. The Balaban J connectivity index is 1.25. The van der Waals surface area contributed by atoms with Gasteiger partial charge in [-0.05, 0) is 74.9 Å². The van der Waals surface area contributed by atoms with E-state index < -0.39 is 41.3 Å². The number of thiazole rings is 1. The number of hydrazine groups is 1. The number of aryl methyl sites for hydroxylation is 1. The summed E-state index contributed by atoms with van der Waals surface area (Å²) in [4.78, 5) is 83.2. The van der Waals surface area contributed by atoms with E-state index >= 15 is 0 Å². The number of rotatable bonds is 10. The molecule has 2 N–H and O–H groups in total. The number of ether oxygens (including phenoxy) is 2. The highest BCUT2D eigenvalue weighted by Crippen LogP contribution is 2.42. The predicted octanol–water partition coefficient (Wildman–Crippen LogP) is 5.61. The van der Waals surface area contributed by atoms with E-state index in [1.165, 1.54) is 27.3 Å². The van der Waals surface area contributed by atoms with E-state index in [9.17, 15) is 24.0 Å². The van der Waals surface area contributed by atoms with Gasteiger partial charge >= 0.3 is 12.0 Å². The molecule has 7 rings (SSSR count). The van der Waals surface area contributed by atoms with Crippen LogP contribution < -0.4 is 10.7 Å². The van der Waals surface area contributed by atoms with Crippen LogP contribution in [0.5, 0.6) is 0 Å². The number of methoxy groups -OCH3 is 1. The van der Waals surface area contributed by atoms with Gasteiger partial charge < -0.3 is 34.1 Å². The lowest BCUT2D eigenvalue weighted by Crippen LogP contribution is -2.66. The van der Waals surface area contributed by atoms with E-state index in [0.717, 1.165) is 44.7 Å². The maximum Gasteiger partial charge on any atom is 0.324 e. The SMILES string of the molecule is C=CC(=O)N(C)C1CN(C(=O)N(C)[C@H](C(=O)N[C@H]2Cc3nc(cs3)-c3ccc4c(c3)c(c(-c3cccnc3[C@H](C)OC)n4CC)CC(C)(C)COC(=O)[C@@H]3CCCN(N3)C2=O)C(C)C)C1. The van der Waals surface area contributed by atoms with E-state index in [1.807, 2.05) is 32.2 Å². The third-order valence-corrected chi connectivity index (χ3v) is 13.8. The van der Waals surface area contributed by atoms with Crippen molar-refractivity contribution in [1.82, 2.24) is 45.0 Å². The summed E-state index contributed by atoms with van der Waals surface area (Å²) in [6, 6.07) is 7.07. The van der Waals surface area contributed by atoms with Crippen molar-refractivity contribution >= 4 is 52.0 Å². The molecule has 3 aliphatic heterocycles. The van der Waals surface area contributed by atoms with Crippen LogP contribution in [0.4, 0.5) is 4.79 Å². The number of esters is 1. The Morgan fingerprint density at radius 1 is 1.15 bits per heavy atom. The summed E-state index contributed by atoms with van der Waals surface area (Å²) in [6.45, 7) is 17.3. The molecule has 0 unspecified atom stereocenters. The fourth-order valence-electron chi connectivity index (χ4n) is 9.27. The highest BCUT2D eigenvalue weighted by Gasteiger charge is 2.42. The maximum absolute atomic E-state index is 14.6. The number of likely N-dealkylation sites (tertiary alicyclic amines) is 1. The second kappa shape index (κ2) is 19.4. The number of nitrogens with zero attached hydrogens (tertiary/aromatic N) is 7. The van der Waals surface area contributed by atoms with E-state index in [1.54, 1.807) is 37.2 Å². The van der Waals surface area contributed by atoms with Crippen molar-refractivity contribution in [3.05, 3.63) is 70.8 Å². The minimum absolute atomic E-state index is 0.0714. The van der Waals surface area contributed by atoms with E-state index in [-0.39, 0.29) is 43.0 Å². The molecule has 6 bridgehead atoms. The van der Waals surface area contributed by atoms with Crippen molar-refractivity contribution in [2.24, 2.45) is 11.3 Å². The number of pyridine rings is 1. The summed E-state index contributed by atoms with van der Waals surface area (Å²) in [6.07, 6.45) is 4.42. The highest BCUT2D eigenvalue weighted by atomic mass is 32.1. The number of aromatic nitrogens is 3. The molecule has 0 radical (unpaired) electrons. The number of urea groups is 1. The van der Waals surface area contributed by atoms with E-state index in [0.29, 0.717) is 50.4 Å². The van der Waals surface area contributed by atoms with Crippen LogP contribution in [0, 0.1) is 11.3 Å². The zero-order chi connectivity index (χ0) is 46.9. The van der Waals surface area contributed by atoms with Gasteiger partial charge in [0, 0.05) is 92.8 Å². The quantitative estimate of drug-likeness (QED) is 0.151. The standard InChI is InChI=1S/C48H63N9O7S/c1-11-40(58)53(8)31-24-55(25-31)47(62)54(9)42(28(3)4)44(59)51-36-22-39-50-37(26-65-39)30-17-18-38-33(21-30)34(43(56(38)12-2)32-15-13-19-49-41(32)29(5)63-10)23-48(6,7)27-64-46(61)35-16-14-20-57(52-35)45(36)60/h11,13,15,17-19,21,26,28-29,31,35-36,42,52H,1,12,14,16,20,22-25,27H2,2-10H3,(H,51,59)/t29-,35-,36-,42-/m0/s1. The maximum atomic E-state index is 14.6. The molecule has 3 aromatic heterocycles. The van der Waals surface area contributed by atoms with Crippen molar-refractivity contribution in [2.75, 3.05) is 47.4 Å². The Kier molecular flexibility index (Phi) is 14.2.